The standard InChI is InChI=1S/C9H11N2.Sn.H/c1-4-10-5-2-8(1)9-3-6-11-7-9;;/h1-2,4-5,9H,3,6-7H2;;/q-1;+1;. The first-order valence-electron chi connectivity index (χ1n) is 4.26. The second-order valence-corrected chi connectivity index (χ2v) is 5.35. The van der Waals surface area contributed by atoms with E-state index in [0.717, 1.165) is 5.92 Å². The van der Waals surface area contributed by atoms with Gasteiger partial charge in [0, 0.05) is 0 Å². The molecule has 2 nitrogen and oxygen atoms in total. The third-order valence-electron chi connectivity index (χ3n) is 2.40. The molecule has 0 saturated carbocycles. The van der Waals surface area contributed by atoms with Gasteiger partial charge in [0.1, 0.15) is 0 Å². The summed E-state index contributed by atoms with van der Waals surface area (Å²) < 4.78 is 2.51. The Hall–Kier alpha value is -0.0913. The van der Waals surface area contributed by atoms with Gasteiger partial charge in [-0.1, -0.05) is 0 Å². The van der Waals surface area contributed by atoms with Gasteiger partial charge in [-0.15, -0.1) is 0 Å². The second-order valence-electron chi connectivity index (χ2n) is 3.26. The molecule has 2 heterocycles. The first kappa shape index (κ1) is 8.50. The van der Waals surface area contributed by atoms with Crippen molar-refractivity contribution >= 4 is 22.8 Å². The zero-order valence-corrected chi connectivity index (χ0v) is 10.3. The van der Waals surface area contributed by atoms with Crippen LogP contribution in [0.1, 0.15) is 17.9 Å². The number of hydrogen-bond acceptors (Lipinski definition) is 2. The van der Waals surface area contributed by atoms with Gasteiger partial charge < -0.3 is 0 Å². The van der Waals surface area contributed by atoms with Gasteiger partial charge >= 0.3 is 86.4 Å². The normalized spacial score (nSPS) is 24.6. The average Bonchev–Trinajstić information content (AvgIpc) is 2.54. The predicted molar refractivity (Wildman–Crippen MR) is 50.3 cm³/mol. The van der Waals surface area contributed by atoms with Crippen molar-refractivity contribution in [1.29, 1.82) is 0 Å². The van der Waals surface area contributed by atoms with E-state index in [0.29, 0.717) is 0 Å². The molecule has 12 heavy (non-hydrogen) atoms. The molecule has 1 atom stereocenters. The van der Waals surface area contributed by atoms with Crippen LogP contribution in [0.5, 0.6) is 0 Å². The number of hydrogen-bond donors (Lipinski definition) is 0. The van der Waals surface area contributed by atoms with Crippen molar-refractivity contribution in [2.45, 2.75) is 12.3 Å². The van der Waals surface area contributed by atoms with E-state index < -0.39 is 0 Å². The minimum absolute atomic E-state index is 0.767. The quantitative estimate of drug-likeness (QED) is 0.696. The fourth-order valence-electron chi connectivity index (χ4n) is 1.69. The summed E-state index contributed by atoms with van der Waals surface area (Å²) in [6.45, 7) is 2.54. The molecule has 3 heteroatoms. The molecular formula is C9H12N2Sn. The molecule has 1 fully saturated rings. The summed E-state index contributed by atoms with van der Waals surface area (Å²) in [5.41, 5.74) is 1.46. The Balaban J connectivity index is 2.11. The van der Waals surface area contributed by atoms with Crippen LogP contribution in [0.3, 0.4) is 0 Å². The third-order valence-corrected chi connectivity index (χ3v) is 3.74. The Morgan fingerprint density at radius 3 is 2.75 bits per heavy atom. The summed E-state index contributed by atoms with van der Waals surface area (Å²) in [4.78, 5) is 4.03. The van der Waals surface area contributed by atoms with Crippen molar-refractivity contribution in [3.05, 3.63) is 30.1 Å². The Morgan fingerprint density at radius 2 is 2.17 bits per heavy atom. The van der Waals surface area contributed by atoms with Crippen LogP contribution in [-0.4, -0.2) is 44.0 Å². The Morgan fingerprint density at radius 1 is 1.42 bits per heavy atom. The summed E-state index contributed by atoms with van der Waals surface area (Å²) >= 11 is 1.27. The van der Waals surface area contributed by atoms with Crippen molar-refractivity contribution in [2.75, 3.05) is 13.1 Å². The van der Waals surface area contributed by atoms with Crippen LogP contribution in [0.4, 0.5) is 0 Å². The average molecular weight is 267 g/mol. The molecule has 62 valence electrons. The van der Waals surface area contributed by atoms with Crippen LogP contribution < -0.4 is 0 Å². The monoisotopic (exact) mass is 268 g/mol. The molecule has 0 N–H and O–H groups in total. The van der Waals surface area contributed by atoms with Crippen LogP contribution in [0.2, 0.25) is 0 Å². The molecule has 0 aliphatic carbocycles. The maximum atomic E-state index is 4.03. The summed E-state index contributed by atoms with van der Waals surface area (Å²) in [5.74, 6) is 0.767. The first-order valence-corrected chi connectivity index (χ1v) is 5.73. The van der Waals surface area contributed by atoms with Gasteiger partial charge in [-0.25, -0.2) is 0 Å². The van der Waals surface area contributed by atoms with Crippen molar-refractivity contribution in [2.24, 2.45) is 0 Å². The zero-order chi connectivity index (χ0) is 8.39. The van der Waals surface area contributed by atoms with E-state index in [1.54, 1.807) is 0 Å². The van der Waals surface area contributed by atoms with Gasteiger partial charge in [0.15, 0.2) is 0 Å². The summed E-state index contributed by atoms with van der Waals surface area (Å²) in [7, 11) is 0. The molecule has 0 spiro atoms. The third kappa shape index (κ3) is 1.80. The van der Waals surface area contributed by atoms with Gasteiger partial charge in [-0.2, -0.15) is 0 Å². The van der Waals surface area contributed by atoms with E-state index >= 15 is 0 Å². The van der Waals surface area contributed by atoms with Crippen LogP contribution in [-0.2, 0) is 0 Å². The van der Waals surface area contributed by atoms with Crippen molar-refractivity contribution in [3.63, 3.8) is 0 Å². The second kappa shape index (κ2) is 3.75. The van der Waals surface area contributed by atoms with E-state index in [-0.39, 0.29) is 0 Å². The molecule has 1 saturated heterocycles. The van der Waals surface area contributed by atoms with Crippen LogP contribution >= 0.6 is 0 Å². The first-order chi connectivity index (χ1) is 5.86. The van der Waals surface area contributed by atoms with Crippen molar-refractivity contribution in [1.82, 2.24) is 8.11 Å². The molecular weight excluding hydrogens is 255 g/mol. The summed E-state index contributed by atoms with van der Waals surface area (Å²) in [5, 5.41) is 0. The number of rotatable bonds is 1. The summed E-state index contributed by atoms with van der Waals surface area (Å²) in [6, 6.07) is 4.29. The number of nitrogens with zero attached hydrogens (tertiary/aromatic N) is 2. The number of aromatic nitrogens is 1. The molecule has 2 rings (SSSR count). The van der Waals surface area contributed by atoms with Gasteiger partial charge in [-0.05, 0) is 0 Å². The Labute approximate surface area is 86.4 Å². The molecule has 0 amide bonds. The Bertz CT molecular complexity index is 250. The van der Waals surface area contributed by atoms with Crippen molar-refractivity contribution < 1.29 is 0 Å². The molecule has 1 aromatic rings. The van der Waals surface area contributed by atoms with Gasteiger partial charge in [0.2, 0.25) is 0 Å². The molecule has 0 bridgehead atoms. The van der Waals surface area contributed by atoms with E-state index in [9.17, 15) is 0 Å². The van der Waals surface area contributed by atoms with Crippen molar-refractivity contribution in [3.8, 4) is 0 Å². The molecule has 1 unspecified atom stereocenters. The molecule has 1 aliphatic rings. The molecule has 1 aromatic heterocycles. The molecule has 0 aromatic carbocycles. The Kier molecular flexibility index (Phi) is 2.65. The van der Waals surface area contributed by atoms with E-state index in [4.69, 9.17) is 0 Å². The van der Waals surface area contributed by atoms with E-state index in [2.05, 4.69) is 20.2 Å². The maximum absolute atomic E-state index is 4.03. The molecule has 1 aliphatic heterocycles. The SMILES string of the molecule is [SnH][N]1CCC(c2ccncc2)C1. The predicted octanol–water partition coefficient (Wildman–Crippen LogP) is 0.687. The minimum atomic E-state index is 0.767. The topological polar surface area (TPSA) is 16.1 Å². The number of pyridine rings is 1. The van der Waals surface area contributed by atoms with Gasteiger partial charge in [-0.3, -0.25) is 0 Å². The summed E-state index contributed by atoms with van der Waals surface area (Å²) in [6.07, 6.45) is 5.11. The van der Waals surface area contributed by atoms with Gasteiger partial charge in [0.25, 0.3) is 0 Å². The van der Waals surface area contributed by atoms with Crippen LogP contribution in [0.25, 0.3) is 0 Å². The molecule has 2 radical (unpaired) electrons. The van der Waals surface area contributed by atoms with E-state index in [1.807, 2.05) is 12.4 Å². The van der Waals surface area contributed by atoms with Crippen LogP contribution in [0, 0.1) is 0 Å². The van der Waals surface area contributed by atoms with Gasteiger partial charge in [0.05, 0.1) is 0 Å². The fraction of sp³-hybridized carbons (Fsp3) is 0.444. The fourth-order valence-corrected chi connectivity index (χ4v) is 2.85. The van der Waals surface area contributed by atoms with Crippen LogP contribution in [0.15, 0.2) is 24.5 Å². The van der Waals surface area contributed by atoms with E-state index in [1.165, 1.54) is 47.9 Å². The zero-order valence-electron chi connectivity index (χ0n) is 6.98.